The van der Waals surface area contributed by atoms with E-state index in [0.29, 0.717) is 32.1 Å². The van der Waals surface area contributed by atoms with Gasteiger partial charge in [-0.3, -0.25) is 9.59 Å². The summed E-state index contributed by atoms with van der Waals surface area (Å²) in [4.78, 5) is 33.1. The van der Waals surface area contributed by atoms with Crippen molar-refractivity contribution in [1.82, 2.24) is 29.9 Å². The van der Waals surface area contributed by atoms with Crippen LogP contribution in [0.2, 0.25) is 0 Å². The third-order valence-electron chi connectivity index (χ3n) is 5.74. The highest BCUT2D eigenvalue weighted by atomic mass is 16.5. The topological polar surface area (TPSA) is 106 Å². The van der Waals surface area contributed by atoms with Crippen LogP contribution in [0.4, 0.5) is 5.82 Å². The van der Waals surface area contributed by atoms with E-state index >= 15 is 0 Å². The quantitative estimate of drug-likeness (QED) is 0.670. The van der Waals surface area contributed by atoms with Crippen molar-refractivity contribution in [2.75, 3.05) is 37.7 Å². The minimum Gasteiger partial charge on any atom is -0.466 e. The molecule has 0 radical (unpaired) electrons. The van der Waals surface area contributed by atoms with E-state index in [1.807, 2.05) is 24.0 Å². The zero-order chi connectivity index (χ0) is 20.9. The van der Waals surface area contributed by atoms with Gasteiger partial charge >= 0.3 is 5.97 Å². The van der Waals surface area contributed by atoms with Crippen LogP contribution in [0.5, 0.6) is 0 Å². The van der Waals surface area contributed by atoms with Gasteiger partial charge in [0, 0.05) is 26.2 Å². The molecule has 0 bridgehead atoms. The first-order valence-electron chi connectivity index (χ1n) is 10.5. The molecule has 2 saturated heterocycles. The molecule has 30 heavy (non-hydrogen) atoms. The van der Waals surface area contributed by atoms with Gasteiger partial charge in [-0.25, -0.2) is 9.67 Å². The molecule has 0 spiro atoms. The number of aromatic nitrogens is 5. The first-order valence-corrected chi connectivity index (χ1v) is 10.5. The maximum Gasteiger partial charge on any atom is 0.310 e. The Morgan fingerprint density at radius 1 is 1.07 bits per heavy atom. The number of hydrogen-bond acceptors (Lipinski definition) is 8. The van der Waals surface area contributed by atoms with E-state index in [9.17, 15) is 9.59 Å². The van der Waals surface area contributed by atoms with Gasteiger partial charge < -0.3 is 14.5 Å². The largest absolute Gasteiger partial charge is 0.466 e. The summed E-state index contributed by atoms with van der Waals surface area (Å²) in [5, 5.41) is 12.6. The monoisotopic (exact) mass is 413 g/mol. The molecule has 2 aliphatic heterocycles. The summed E-state index contributed by atoms with van der Waals surface area (Å²) in [5.74, 6) is 0.969. The second kappa shape index (κ2) is 9.19. The molecule has 2 aromatic heterocycles. The van der Waals surface area contributed by atoms with Gasteiger partial charge in [-0.05, 0) is 44.7 Å². The van der Waals surface area contributed by atoms with Crippen LogP contribution in [-0.4, -0.2) is 74.5 Å². The van der Waals surface area contributed by atoms with E-state index in [0.717, 1.165) is 38.0 Å². The van der Waals surface area contributed by atoms with Gasteiger partial charge in [0.2, 0.25) is 5.91 Å². The number of amides is 1. The summed E-state index contributed by atoms with van der Waals surface area (Å²) in [6.07, 6.45) is 6.40. The van der Waals surface area contributed by atoms with Crippen LogP contribution in [0.25, 0.3) is 5.82 Å². The molecule has 2 aliphatic rings. The maximum absolute atomic E-state index is 13.2. The van der Waals surface area contributed by atoms with Gasteiger partial charge in [0.1, 0.15) is 12.7 Å². The smallest absolute Gasteiger partial charge is 0.310 e. The Hall–Kier alpha value is -3.04. The van der Waals surface area contributed by atoms with Crippen LogP contribution >= 0.6 is 0 Å². The second-order valence-electron chi connectivity index (χ2n) is 7.75. The highest BCUT2D eigenvalue weighted by Crippen LogP contribution is 2.26. The molecule has 10 nitrogen and oxygen atoms in total. The molecule has 4 rings (SSSR count). The van der Waals surface area contributed by atoms with E-state index < -0.39 is 0 Å². The zero-order valence-corrected chi connectivity index (χ0v) is 17.2. The van der Waals surface area contributed by atoms with Crippen LogP contribution in [0.1, 0.15) is 32.6 Å². The molecule has 4 heterocycles. The average molecular weight is 413 g/mol. The fraction of sp³-hybridized carbons (Fsp3) is 0.600. The predicted molar refractivity (Wildman–Crippen MR) is 108 cm³/mol. The summed E-state index contributed by atoms with van der Waals surface area (Å²) >= 11 is 0. The Morgan fingerprint density at radius 3 is 2.57 bits per heavy atom. The van der Waals surface area contributed by atoms with Gasteiger partial charge in [0.15, 0.2) is 11.6 Å². The lowest BCUT2D eigenvalue weighted by Crippen LogP contribution is -2.49. The van der Waals surface area contributed by atoms with E-state index in [4.69, 9.17) is 4.74 Å². The van der Waals surface area contributed by atoms with Gasteiger partial charge in [-0.15, -0.1) is 10.2 Å². The summed E-state index contributed by atoms with van der Waals surface area (Å²) in [6.45, 7) is 4.79. The maximum atomic E-state index is 13.2. The molecule has 0 aliphatic carbocycles. The van der Waals surface area contributed by atoms with Crippen molar-refractivity contribution >= 4 is 17.7 Å². The molecule has 2 unspecified atom stereocenters. The van der Waals surface area contributed by atoms with Crippen molar-refractivity contribution in [2.45, 2.75) is 32.6 Å². The van der Waals surface area contributed by atoms with Gasteiger partial charge in [0.05, 0.1) is 18.4 Å². The Morgan fingerprint density at radius 2 is 1.83 bits per heavy atom. The Bertz CT molecular complexity index is 856. The SMILES string of the molecule is CCOC(=O)C1CCCN(C(=O)C2CCCN(c3ccc(-n4cncn4)nn3)C2)C1. The molecule has 10 heteroatoms. The number of esters is 1. The van der Waals surface area contributed by atoms with Gasteiger partial charge in [-0.2, -0.15) is 5.10 Å². The standard InChI is InChI=1S/C20H27N7O3/c1-2-30-20(29)16-6-4-10-26(12-16)19(28)15-5-3-9-25(11-15)17-7-8-18(24-23-17)27-14-21-13-22-27/h7-8,13-16H,2-6,9-12H2,1H3. The summed E-state index contributed by atoms with van der Waals surface area (Å²) < 4.78 is 6.71. The minimum atomic E-state index is -0.211. The molecular weight excluding hydrogens is 386 g/mol. The molecule has 0 N–H and O–H groups in total. The van der Waals surface area contributed by atoms with E-state index in [1.165, 1.54) is 6.33 Å². The molecule has 0 saturated carbocycles. The Kier molecular flexibility index (Phi) is 6.20. The molecule has 1 amide bonds. The molecule has 160 valence electrons. The van der Waals surface area contributed by atoms with Crippen LogP contribution in [-0.2, 0) is 14.3 Å². The number of likely N-dealkylation sites (tertiary alicyclic amines) is 1. The number of piperidine rings is 2. The van der Waals surface area contributed by atoms with E-state index in [2.05, 4.69) is 25.2 Å². The lowest BCUT2D eigenvalue weighted by Gasteiger charge is -2.38. The van der Waals surface area contributed by atoms with Crippen molar-refractivity contribution in [3.63, 3.8) is 0 Å². The first kappa shape index (κ1) is 20.2. The van der Waals surface area contributed by atoms with Crippen molar-refractivity contribution in [1.29, 1.82) is 0 Å². The van der Waals surface area contributed by atoms with Gasteiger partial charge in [-0.1, -0.05) is 0 Å². The lowest BCUT2D eigenvalue weighted by atomic mass is 9.93. The van der Waals surface area contributed by atoms with Crippen LogP contribution in [0.15, 0.2) is 24.8 Å². The van der Waals surface area contributed by atoms with Crippen molar-refractivity contribution in [3.8, 4) is 5.82 Å². The van der Waals surface area contributed by atoms with Crippen LogP contribution < -0.4 is 4.90 Å². The lowest BCUT2D eigenvalue weighted by molar-refractivity contribution is -0.152. The number of ether oxygens (including phenoxy) is 1. The second-order valence-corrected chi connectivity index (χ2v) is 7.75. The van der Waals surface area contributed by atoms with Gasteiger partial charge in [0.25, 0.3) is 0 Å². The number of carbonyl (C=O) groups is 2. The van der Waals surface area contributed by atoms with E-state index in [-0.39, 0.29) is 23.7 Å². The zero-order valence-electron chi connectivity index (χ0n) is 17.2. The molecule has 2 atom stereocenters. The predicted octanol–water partition coefficient (Wildman–Crippen LogP) is 1.08. The third-order valence-corrected chi connectivity index (χ3v) is 5.74. The number of carbonyl (C=O) groups excluding carboxylic acids is 2. The van der Waals surface area contributed by atoms with Crippen molar-refractivity contribution in [2.24, 2.45) is 11.8 Å². The summed E-state index contributed by atoms with van der Waals surface area (Å²) in [6, 6.07) is 3.74. The number of nitrogens with zero attached hydrogens (tertiary/aromatic N) is 7. The average Bonchev–Trinajstić information content (AvgIpc) is 3.34. The highest BCUT2D eigenvalue weighted by molar-refractivity contribution is 5.81. The molecule has 0 aromatic carbocycles. The van der Waals surface area contributed by atoms with E-state index in [1.54, 1.807) is 11.0 Å². The third kappa shape index (κ3) is 4.42. The Balaban J connectivity index is 1.38. The Labute approximate surface area is 175 Å². The molecular formula is C20H27N7O3. The van der Waals surface area contributed by atoms with Crippen LogP contribution in [0, 0.1) is 11.8 Å². The van der Waals surface area contributed by atoms with Crippen molar-refractivity contribution < 1.29 is 14.3 Å². The summed E-state index contributed by atoms with van der Waals surface area (Å²) in [5.41, 5.74) is 0. The highest BCUT2D eigenvalue weighted by Gasteiger charge is 2.34. The van der Waals surface area contributed by atoms with Crippen LogP contribution in [0.3, 0.4) is 0 Å². The summed E-state index contributed by atoms with van der Waals surface area (Å²) in [7, 11) is 0. The number of rotatable bonds is 5. The van der Waals surface area contributed by atoms with Crippen molar-refractivity contribution in [3.05, 3.63) is 24.8 Å². The first-order chi connectivity index (χ1) is 14.7. The molecule has 2 fully saturated rings. The fourth-order valence-electron chi connectivity index (χ4n) is 4.21. The number of hydrogen-bond donors (Lipinski definition) is 0. The number of anilines is 1. The minimum absolute atomic E-state index is 0.100. The molecule has 2 aromatic rings. The normalized spacial score (nSPS) is 22.0. The fourth-order valence-corrected chi connectivity index (χ4v) is 4.21.